The largest absolute Gasteiger partial charge is 0.464 e. The van der Waals surface area contributed by atoms with Crippen LogP contribution in [0.15, 0.2) is 0 Å². The second-order valence-corrected chi connectivity index (χ2v) is 3.94. The number of esters is 2. The molecule has 0 rings (SSSR count). The molecule has 5 nitrogen and oxygen atoms in total. The third-order valence-electron chi connectivity index (χ3n) is 1.18. The van der Waals surface area contributed by atoms with Gasteiger partial charge in [-0.1, -0.05) is 0 Å². The Morgan fingerprint density at radius 2 is 1.86 bits per heavy atom. The zero-order valence-corrected chi connectivity index (χ0v) is 8.99. The molecule has 14 heavy (non-hydrogen) atoms. The highest BCUT2D eigenvalue weighted by Crippen LogP contribution is 2.07. The third kappa shape index (κ3) is 6.42. The maximum Gasteiger partial charge on any atom is 0.326 e. The van der Waals surface area contributed by atoms with E-state index in [1.54, 1.807) is 20.8 Å². The number of nitrogens with two attached hydrogens (primary N) is 1. The molecule has 0 aromatic heterocycles. The van der Waals surface area contributed by atoms with Crippen molar-refractivity contribution in [2.75, 3.05) is 6.61 Å². The van der Waals surface area contributed by atoms with Gasteiger partial charge in [-0.2, -0.15) is 0 Å². The molecule has 0 aliphatic carbocycles. The molecule has 0 aliphatic heterocycles. The molecule has 0 unspecified atom stereocenters. The fourth-order valence-corrected chi connectivity index (χ4v) is 0.653. The molecule has 0 aliphatic rings. The van der Waals surface area contributed by atoms with Crippen LogP contribution in [0, 0.1) is 0 Å². The van der Waals surface area contributed by atoms with Gasteiger partial charge in [0.2, 0.25) is 0 Å². The van der Waals surface area contributed by atoms with Crippen LogP contribution in [0.25, 0.3) is 0 Å². The standard InChI is InChI=1S/C9H17NO4/c1-6(11)13-5-7(10)8(12)14-9(2,3)4/h7H,5,10H2,1-4H3/t7-/m0/s1. The van der Waals surface area contributed by atoms with Gasteiger partial charge >= 0.3 is 11.9 Å². The second-order valence-electron chi connectivity index (χ2n) is 3.94. The summed E-state index contributed by atoms with van der Waals surface area (Å²) in [5, 5.41) is 0. The summed E-state index contributed by atoms with van der Waals surface area (Å²) in [7, 11) is 0. The number of rotatable bonds is 3. The fourth-order valence-electron chi connectivity index (χ4n) is 0.653. The van der Waals surface area contributed by atoms with E-state index < -0.39 is 23.6 Å². The summed E-state index contributed by atoms with van der Waals surface area (Å²) < 4.78 is 9.55. The summed E-state index contributed by atoms with van der Waals surface area (Å²) in [5.41, 5.74) is 4.84. The van der Waals surface area contributed by atoms with E-state index in [4.69, 9.17) is 10.5 Å². The molecule has 0 aromatic rings. The third-order valence-corrected chi connectivity index (χ3v) is 1.18. The van der Waals surface area contributed by atoms with E-state index in [1.165, 1.54) is 6.92 Å². The molecule has 0 aromatic carbocycles. The Morgan fingerprint density at radius 1 is 1.36 bits per heavy atom. The van der Waals surface area contributed by atoms with Crippen LogP contribution in [0.2, 0.25) is 0 Å². The predicted octanol–water partition coefficient (Wildman–Crippen LogP) is 0.218. The second kappa shape index (κ2) is 4.95. The minimum Gasteiger partial charge on any atom is -0.464 e. The van der Waals surface area contributed by atoms with Gasteiger partial charge in [-0.25, -0.2) is 0 Å². The molecule has 5 heteroatoms. The summed E-state index contributed by atoms with van der Waals surface area (Å²) in [6, 6.07) is -0.918. The maximum atomic E-state index is 11.2. The topological polar surface area (TPSA) is 78.6 Å². The number of carbonyl (C=O) groups excluding carboxylic acids is 2. The Hall–Kier alpha value is -1.10. The lowest BCUT2D eigenvalue weighted by Crippen LogP contribution is -2.40. The molecule has 0 heterocycles. The normalized spacial score (nSPS) is 13.2. The number of hydrogen-bond donors (Lipinski definition) is 1. The molecule has 1 atom stereocenters. The van der Waals surface area contributed by atoms with Gasteiger partial charge in [0.05, 0.1) is 0 Å². The summed E-state index contributed by atoms with van der Waals surface area (Å²) in [4.78, 5) is 21.7. The van der Waals surface area contributed by atoms with Crippen molar-refractivity contribution < 1.29 is 19.1 Å². The van der Waals surface area contributed by atoms with Gasteiger partial charge < -0.3 is 15.2 Å². The highest BCUT2D eigenvalue weighted by molar-refractivity contribution is 5.76. The van der Waals surface area contributed by atoms with E-state index in [9.17, 15) is 9.59 Å². The molecule has 0 bridgehead atoms. The molecule has 82 valence electrons. The van der Waals surface area contributed by atoms with Gasteiger partial charge in [0, 0.05) is 6.92 Å². The highest BCUT2D eigenvalue weighted by atomic mass is 16.6. The summed E-state index contributed by atoms with van der Waals surface area (Å²) in [5.74, 6) is -1.04. The Kier molecular flexibility index (Phi) is 4.56. The summed E-state index contributed by atoms with van der Waals surface area (Å²) in [6.07, 6.45) is 0. The molecule has 0 saturated heterocycles. The SMILES string of the molecule is CC(=O)OC[C@H](N)C(=O)OC(C)(C)C. The zero-order valence-electron chi connectivity index (χ0n) is 8.99. The lowest BCUT2D eigenvalue weighted by atomic mass is 10.2. The predicted molar refractivity (Wildman–Crippen MR) is 50.5 cm³/mol. The molecule has 0 saturated carbocycles. The molecule has 0 spiro atoms. The van der Waals surface area contributed by atoms with E-state index in [1.807, 2.05) is 0 Å². The maximum absolute atomic E-state index is 11.2. The first-order valence-corrected chi connectivity index (χ1v) is 4.34. The van der Waals surface area contributed by atoms with E-state index in [2.05, 4.69) is 4.74 Å². The minimum absolute atomic E-state index is 0.149. The van der Waals surface area contributed by atoms with Gasteiger partial charge in [-0.3, -0.25) is 9.59 Å². The monoisotopic (exact) mass is 203 g/mol. The van der Waals surface area contributed by atoms with Crippen LogP contribution in [-0.2, 0) is 19.1 Å². The number of ether oxygens (including phenoxy) is 2. The van der Waals surface area contributed by atoms with Gasteiger partial charge in [0.1, 0.15) is 18.2 Å². The minimum atomic E-state index is -0.918. The Bertz CT molecular complexity index is 219. The first-order chi connectivity index (χ1) is 6.22. The number of hydrogen-bond acceptors (Lipinski definition) is 5. The molecule has 0 fully saturated rings. The summed E-state index contributed by atoms with van der Waals surface area (Å²) >= 11 is 0. The van der Waals surface area contributed by atoms with E-state index in [-0.39, 0.29) is 6.61 Å². The van der Waals surface area contributed by atoms with Crippen LogP contribution >= 0.6 is 0 Å². The van der Waals surface area contributed by atoms with Crippen molar-refractivity contribution in [2.45, 2.75) is 39.3 Å². The van der Waals surface area contributed by atoms with Crippen LogP contribution in [0.1, 0.15) is 27.7 Å². The fraction of sp³-hybridized carbons (Fsp3) is 0.778. The molecular weight excluding hydrogens is 186 g/mol. The highest BCUT2D eigenvalue weighted by Gasteiger charge is 2.22. The van der Waals surface area contributed by atoms with Crippen LogP contribution in [0.3, 0.4) is 0 Å². The summed E-state index contributed by atoms with van der Waals surface area (Å²) in [6.45, 7) is 6.32. The molecule has 2 N–H and O–H groups in total. The Balaban J connectivity index is 3.94. The van der Waals surface area contributed by atoms with E-state index in [0.717, 1.165) is 0 Å². The Morgan fingerprint density at radius 3 is 2.21 bits per heavy atom. The first-order valence-electron chi connectivity index (χ1n) is 4.34. The van der Waals surface area contributed by atoms with E-state index >= 15 is 0 Å². The number of carbonyl (C=O) groups is 2. The average Bonchev–Trinajstić information content (AvgIpc) is 1.96. The van der Waals surface area contributed by atoms with Gasteiger partial charge in [-0.05, 0) is 20.8 Å². The van der Waals surface area contributed by atoms with Crippen molar-refractivity contribution in [1.82, 2.24) is 0 Å². The van der Waals surface area contributed by atoms with Crippen molar-refractivity contribution >= 4 is 11.9 Å². The smallest absolute Gasteiger partial charge is 0.326 e. The lowest BCUT2D eigenvalue weighted by Gasteiger charge is -2.21. The zero-order chi connectivity index (χ0) is 11.4. The molecular formula is C9H17NO4. The van der Waals surface area contributed by atoms with Crippen molar-refractivity contribution in [2.24, 2.45) is 5.73 Å². The molecule has 0 radical (unpaired) electrons. The first kappa shape index (κ1) is 12.9. The van der Waals surface area contributed by atoms with Crippen molar-refractivity contribution in [1.29, 1.82) is 0 Å². The van der Waals surface area contributed by atoms with Crippen LogP contribution in [-0.4, -0.2) is 30.2 Å². The van der Waals surface area contributed by atoms with Crippen molar-refractivity contribution in [3.8, 4) is 0 Å². The van der Waals surface area contributed by atoms with Crippen LogP contribution < -0.4 is 5.73 Å². The Labute approximate surface area is 83.5 Å². The van der Waals surface area contributed by atoms with Gasteiger partial charge in [0.25, 0.3) is 0 Å². The molecule has 0 amide bonds. The van der Waals surface area contributed by atoms with Gasteiger partial charge in [0.15, 0.2) is 0 Å². The van der Waals surface area contributed by atoms with Crippen LogP contribution in [0.5, 0.6) is 0 Å². The quantitative estimate of drug-likeness (QED) is 0.664. The van der Waals surface area contributed by atoms with Crippen molar-refractivity contribution in [3.63, 3.8) is 0 Å². The van der Waals surface area contributed by atoms with Crippen LogP contribution in [0.4, 0.5) is 0 Å². The van der Waals surface area contributed by atoms with E-state index in [0.29, 0.717) is 0 Å². The lowest BCUT2D eigenvalue weighted by molar-refractivity contribution is -0.159. The van der Waals surface area contributed by atoms with Crippen molar-refractivity contribution in [3.05, 3.63) is 0 Å². The average molecular weight is 203 g/mol. The van der Waals surface area contributed by atoms with Gasteiger partial charge in [-0.15, -0.1) is 0 Å².